The molecule has 0 bridgehead atoms. The van der Waals surface area contributed by atoms with Gasteiger partial charge in [0.1, 0.15) is 0 Å². The second kappa shape index (κ2) is 7.49. The predicted octanol–water partition coefficient (Wildman–Crippen LogP) is 3.52. The lowest BCUT2D eigenvalue weighted by molar-refractivity contribution is 0.0811. The van der Waals surface area contributed by atoms with Crippen LogP contribution in [0, 0.1) is 11.3 Å². The Bertz CT molecular complexity index is 225. The van der Waals surface area contributed by atoms with Gasteiger partial charge in [0, 0.05) is 12.6 Å². The summed E-state index contributed by atoms with van der Waals surface area (Å²) in [4.78, 5) is 2.64. The second-order valence-electron chi connectivity index (χ2n) is 6.57. The van der Waals surface area contributed by atoms with Gasteiger partial charge in [-0.25, -0.2) is 0 Å². The topological polar surface area (TPSA) is 15.3 Å². The Balaban J connectivity index is 2.65. The van der Waals surface area contributed by atoms with Crippen LogP contribution in [0.3, 0.4) is 0 Å². The Kier molecular flexibility index (Phi) is 6.65. The van der Waals surface area contributed by atoms with E-state index in [0.29, 0.717) is 11.5 Å². The zero-order valence-corrected chi connectivity index (χ0v) is 13.3. The molecule has 0 aliphatic heterocycles. The van der Waals surface area contributed by atoms with Gasteiger partial charge < -0.3 is 10.2 Å². The number of nitrogens with zero attached hydrogens (tertiary/aromatic N) is 1. The molecular weight excluding hydrogens is 220 g/mol. The molecule has 0 saturated heterocycles. The third-order valence-electron chi connectivity index (χ3n) is 4.61. The fraction of sp³-hybridized carbons (Fsp3) is 1.00. The summed E-state index contributed by atoms with van der Waals surface area (Å²) in [5, 5.41) is 3.77. The van der Waals surface area contributed by atoms with Crippen molar-refractivity contribution in [2.24, 2.45) is 11.3 Å². The molecule has 0 heterocycles. The van der Waals surface area contributed by atoms with Crippen LogP contribution in [-0.2, 0) is 0 Å². The van der Waals surface area contributed by atoms with Crippen molar-refractivity contribution in [1.29, 1.82) is 0 Å². The fourth-order valence-corrected chi connectivity index (χ4v) is 3.67. The normalized spacial score (nSPS) is 27.7. The highest BCUT2D eigenvalue weighted by Crippen LogP contribution is 2.39. The van der Waals surface area contributed by atoms with Crippen LogP contribution in [0.25, 0.3) is 0 Å². The molecule has 0 amide bonds. The first kappa shape index (κ1) is 16.0. The maximum atomic E-state index is 3.77. The summed E-state index contributed by atoms with van der Waals surface area (Å²) in [5.74, 6) is 0.834. The van der Waals surface area contributed by atoms with Crippen molar-refractivity contribution in [3.05, 3.63) is 0 Å². The Labute approximate surface area is 115 Å². The van der Waals surface area contributed by atoms with Gasteiger partial charge in [-0.05, 0) is 50.2 Å². The van der Waals surface area contributed by atoms with E-state index in [1.165, 1.54) is 45.3 Å². The summed E-state index contributed by atoms with van der Waals surface area (Å²) < 4.78 is 0. The van der Waals surface area contributed by atoms with Gasteiger partial charge in [0.25, 0.3) is 0 Å². The number of hydrogen-bond donors (Lipinski definition) is 1. The van der Waals surface area contributed by atoms with E-state index in [0.717, 1.165) is 12.5 Å². The zero-order chi connectivity index (χ0) is 13.6. The minimum atomic E-state index is 0.463. The minimum absolute atomic E-state index is 0.463. The Morgan fingerprint density at radius 3 is 2.50 bits per heavy atom. The lowest BCUT2D eigenvalue weighted by Crippen LogP contribution is -2.52. The van der Waals surface area contributed by atoms with E-state index < -0.39 is 0 Å². The van der Waals surface area contributed by atoms with Crippen LogP contribution < -0.4 is 5.32 Å². The maximum Gasteiger partial charge on any atom is 0.0159 e. The highest BCUT2D eigenvalue weighted by molar-refractivity contribution is 4.94. The first-order valence-electron chi connectivity index (χ1n) is 8.00. The van der Waals surface area contributed by atoms with Crippen molar-refractivity contribution in [2.75, 3.05) is 26.2 Å². The van der Waals surface area contributed by atoms with Gasteiger partial charge in [-0.3, -0.25) is 0 Å². The van der Waals surface area contributed by atoms with Crippen LogP contribution in [0.4, 0.5) is 0 Å². The molecule has 2 nitrogen and oxygen atoms in total. The van der Waals surface area contributed by atoms with E-state index in [1.807, 2.05) is 0 Å². The molecule has 1 rings (SSSR count). The van der Waals surface area contributed by atoms with E-state index in [2.05, 4.69) is 44.8 Å². The van der Waals surface area contributed by atoms with Crippen molar-refractivity contribution in [2.45, 2.75) is 66.3 Å². The molecule has 1 aliphatic carbocycles. The second-order valence-corrected chi connectivity index (χ2v) is 6.57. The molecule has 1 saturated carbocycles. The van der Waals surface area contributed by atoms with Crippen LogP contribution in [0.2, 0.25) is 0 Å². The minimum Gasteiger partial charge on any atom is -0.313 e. The fourth-order valence-electron chi connectivity index (χ4n) is 3.67. The van der Waals surface area contributed by atoms with E-state index in [1.54, 1.807) is 0 Å². The summed E-state index contributed by atoms with van der Waals surface area (Å²) in [5.41, 5.74) is 0.463. The van der Waals surface area contributed by atoms with Crippen molar-refractivity contribution >= 4 is 0 Å². The number of hydrogen-bond acceptors (Lipinski definition) is 2. The van der Waals surface area contributed by atoms with Crippen molar-refractivity contribution in [3.63, 3.8) is 0 Å². The molecule has 1 aliphatic rings. The maximum absolute atomic E-state index is 3.77. The molecule has 108 valence electrons. The van der Waals surface area contributed by atoms with Crippen LogP contribution in [-0.4, -0.2) is 37.1 Å². The average molecular weight is 254 g/mol. The van der Waals surface area contributed by atoms with Crippen LogP contribution in [0.5, 0.6) is 0 Å². The van der Waals surface area contributed by atoms with Gasteiger partial charge in [0.2, 0.25) is 0 Å². The zero-order valence-electron chi connectivity index (χ0n) is 13.3. The van der Waals surface area contributed by atoms with E-state index in [4.69, 9.17) is 0 Å². The monoisotopic (exact) mass is 254 g/mol. The summed E-state index contributed by atoms with van der Waals surface area (Å²) in [6.45, 7) is 16.6. The highest BCUT2D eigenvalue weighted by Gasteiger charge is 2.38. The molecule has 2 unspecified atom stereocenters. The highest BCUT2D eigenvalue weighted by atomic mass is 15.1. The largest absolute Gasteiger partial charge is 0.313 e. The predicted molar refractivity (Wildman–Crippen MR) is 81.0 cm³/mol. The molecule has 0 radical (unpaired) electrons. The van der Waals surface area contributed by atoms with Crippen molar-refractivity contribution < 1.29 is 0 Å². The van der Waals surface area contributed by atoms with Crippen molar-refractivity contribution in [3.8, 4) is 0 Å². The summed E-state index contributed by atoms with van der Waals surface area (Å²) in [7, 11) is 0. The smallest absolute Gasteiger partial charge is 0.0159 e. The molecular formula is C16H34N2. The van der Waals surface area contributed by atoms with Gasteiger partial charge >= 0.3 is 0 Å². The summed E-state index contributed by atoms with van der Waals surface area (Å²) in [6, 6.07) is 0.696. The average Bonchev–Trinajstić information content (AvgIpc) is 2.32. The van der Waals surface area contributed by atoms with Gasteiger partial charge in [0.15, 0.2) is 0 Å². The molecule has 0 aromatic rings. The van der Waals surface area contributed by atoms with Crippen LogP contribution >= 0.6 is 0 Å². The van der Waals surface area contributed by atoms with Gasteiger partial charge in [-0.15, -0.1) is 0 Å². The number of rotatable bonds is 7. The number of nitrogens with one attached hydrogen (secondary N) is 1. The van der Waals surface area contributed by atoms with Crippen LogP contribution in [0.15, 0.2) is 0 Å². The molecule has 1 N–H and O–H groups in total. The van der Waals surface area contributed by atoms with Crippen molar-refractivity contribution in [1.82, 2.24) is 10.2 Å². The van der Waals surface area contributed by atoms with Crippen LogP contribution in [0.1, 0.15) is 60.3 Å². The third kappa shape index (κ3) is 4.24. The van der Waals surface area contributed by atoms with Gasteiger partial charge in [-0.1, -0.05) is 41.0 Å². The van der Waals surface area contributed by atoms with Gasteiger partial charge in [-0.2, -0.15) is 0 Å². The summed E-state index contributed by atoms with van der Waals surface area (Å²) in [6.07, 6.45) is 5.46. The quantitative estimate of drug-likeness (QED) is 0.748. The van der Waals surface area contributed by atoms with E-state index >= 15 is 0 Å². The first-order chi connectivity index (χ1) is 8.55. The lowest BCUT2D eigenvalue weighted by atomic mass is 9.67. The van der Waals surface area contributed by atoms with Gasteiger partial charge in [0.05, 0.1) is 0 Å². The van der Waals surface area contributed by atoms with E-state index in [9.17, 15) is 0 Å². The molecule has 0 aromatic heterocycles. The molecule has 0 aromatic carbocycles. The molecule has 2 heteroatoms. The Hall–Kier alpha value is -0.0800. The van der Waals surface area contributed by atoms with E-state index in [-0.39, 0.29) is 0 Å². The molecule has 18 heavy (non-hydrogen) atoms. The summed E-state index contributed by atoms with van der Waals surface area (Å²) >= 11 is 0. The Morgan fingerprint density at radius 1 is 1.22 bits per heavy atom. The SMILES string of the molecule is CCCN(CC)CC1CCCC(C)(C)C1NCC. The molecule has 0 spiro atoms. The lowest BCUT2D eigenvalue weighted by Gasteiger charge is -2.46. The molecule has 1 fully saturated rings. The standard InChI is InChI=1S/C16H34N2/c1-6-12-18(8-3)13-14-10-9-11-16(4,5)15(14)17-7-2/h14-15,17H,6-13H2,1-5H3. The third-order valence-corrected chi connectivity index (χ3v) is 4.61. The Morgan fingerprint density at radius 2 is 1.94 bits per heavy atom. The first-order valence-corrected chi connectivity index (χ1v) is 8.00. The molecule has 2 atom stereocenters.